The molecule has 0 saturated heterocycles. The van der Waals surface area contributed by atoms with Crippen molar-refractivity contribution in [3.05, 3.63) is 51.5 Å². The Bertz CT molecular complexity index is 624. The predicted octanol–water partition coefficient (Wildman–Crippen LogP) is 3.81. The lowest BCUT2D eigenvalue weighted by Crippen LogP contribution is -2.24. The summed E-state index contributed by atoms with van der Waals surface area (Å²) in [5, 5.41) is 5.75. The first-order valence-electron chi connectivity index (χ1n) is 7.03. The van der Waals surface area contributed by atoms with Crippen molar-refractivity contribution in [1.82, 2.24) is 5.32 Å². The van der Waals surface area contributed by atoms with E-state index in [-0.39, 0.29) is 11.6 Å². The molecule has 1 aromatic carbocycles. The van der Waals surface area contributed by atoms with Crippen molar-refractivity contribution in [3.8, 4) is 0 Å². The number of anilines is 1. The van der Waals surface area contributed by atoms with E-state index in [1.807, 2.05) is 13.0 Å². The molecule has 112 valence electrons. The molecule has 2 rings (SSSR count). The Hall–Kier alpha value is -1.88. The molecule has 1 amide bonds. The van der Waals surface area contributed by atoms with Gasteiger partial charge in [0.25, 0.3) is 5.91 Å². The molecule has 0 aliphatic heterocycles. The van der Waals surface area contributed by atoms with Crippen LogP contribution < -0.4 is 10.6 Å². The van der Waals surface area contributed by atoms with Gasteiger partial charge in [0.2, 0.25) is 0 Å². The molecular weight excluding hydrogens is 287 g/mol. The standard InChI is InChI=1S/C16H19FN2OS/c1-3-11-8-9-12(21-11)10-19-16(20)13-6-5-7-14(17)15(13)18-4-2/h5-9,18H,3-4,10H2,1-2H3,(H,19,20). The first kappa shape index (κ1) is 15.5. The molecule has 0 aliphatic carbocycles. The zero-order valence-electron chi connectivity index (χ0n) is 12.2. The van der Waals surface area contributed by atoms with Crippen molar-refractivity contribution in [2.75, 3.05) is 11.9 Å². The Morgan fingerprint density at radius 2 is 1.95 bits per heavy atom. The van der Waals surface area contributed by atoms with Gasteiger partial charge in [0.15, 0.2) is 0 Å². The number of thiophene rings is 1. The van der Waals surface area contributed by atoms with Crippen LogP contribution in [0.3, 0.4) is 0 Å². The van der Waals surface area contributed by atoms with Crippen molar-refractivity contribution in [1.29, 1.82) is 0 Å². The number of hydrogen-bond acceptors (Lipinski definition) is 3. The van der Waals surface area contributed by atoms with E-state index in [1.54, 1.807) is 23.5 Å². The molecular formula is C16H19FN2OS. The summed E-state index contributed by atoms with van der Waals surface area (Å²) >= 11 is 1.68. The van der Waals surface area contributed by atoms with Crippen molar-refractivity contribution in [2.45, 2.75) is 26.8 Å². The lowest BCUT2D eigenvalue weighted by molar-refractivity contribution is 0.0951. The van der Waals surface area contributed by atoms with Crippen LogP contribution in [-0.4, -0.2) is 12.5 Å². The summed E-state index contributed by atoms with van der Waals surface area (Å²) in [5.41, 5.74) is 0.599. The molecule has 1 aromatic heterocycles. The average Bonchev–Trinajstić information content (AvgIpc) is 2.95. The molecule has 0 saturated carbocycles. The topological polar surface area (TPSA) is 41.1 Å². The molecule has 0 aliphatic rings. The number of carbonyl (C=O) groups excluding carboxylic acids is 1. The predicted molar refractivity (Wildman–Crippen MR) is 85.4 cm³/mol. The van der Waals surface area contributed by atoms with E-state index in [9.17, 15) is 9.18 Å². The average molecular weight is 306 g/mol. The SMILES string of the molecule is CCNc1c(F)cccc1C(=O)NCc1ccc(CC)s1. The van der Waals surface area contributed by atoms with Crippen LogP contribution in [0.25, 0.3) is 0 Å². The van der Waals surface area contributed by atoms with Gasteiger partial charge in [-0.2, -0.15) is 0 Å². The van der Waals surface area contributed by atoms with Gasteiger partial charge in [-0.05, 0) is 37.6 Å². The van der Waals surface area contributed by atoms with E-state index in [1.165, 1.54) is 10.9 Å². The fraction of sp³-hybridized carbons (Fsp3) is 0.312. The van der Waals surface area contributed by atoms with Crippen LogP contribution in [0.5, 0.6) is 0 Å². The van der Waals surface area contributed by atoms with E-state index < -0.39 is 5.82 Å². The number of rotatable bonds is 6. The van der Waals surface area contributed by atoms with Crippen molar-refractivity contribution >= 4 is 22.9 Å². The van der Waals surface area contributed by atoms with Gasteiger partial charge >= 0.3 is 0 Å². The Morgan fingerprint density at radius 1 is 1.19 bits per heavy atom. The monoisotopic (exact) mass is 306 g/mol. The fourth-order valence-electron chi connectivity index (χ4n) is 2.04. The number of aryl methyl sites for hydroxylation is 1. The highest BCUT2D eigenvalue weighted by atomic mass is 32.1. The van der Waals surface area contributed by atoms with Gasteiger partial charge in [0.05, 0.1) is 17.8 Å². The first-order chi connectivity index (χ1) is 10.2. The summed E-state index contributed by atoms with van der Waals surface area (Å²) in [5.74, 6) is -0.675. The minimum absolute atomic E-state index is 0.262. The summed E-state index contributed by atoms with van der Waals surface area (Å²) in [4.78, 5) is 14.6. The van der Waals surface area contributed by atoms with Gasteiger partial charge < -0.3 is 10.6 Å². The molecule has 2 N–H and O–H groups in total. The minimum atomic E-state index is -0.408. The molecule has 1 heterocycles. The van der Waals surface area contributed by atoms with Gasteiger partial charge in [-0.1, -0.05) is 13.0 Å². The Labute approximate surface area is 128 Å². The number of nitrogens with one attached hydrogen (secondary N) is 2. The van der Waals surface area contributed by atoms with Gasteiger partial charge in [-0.15, -0.1) is 11.3 Å². The zero-order chi connectivity index (χ0) is 15.2. The van der Waals surface area contributed by atoms with E-state index >= 15 is 0 Å². The van der Waals surface area contributed by atoms with Crippen molar-refractivity contribution in [3.63, 3.8) is 0 Å². The molecule has 3 nitrogen and oxygen atoms in total. The number of amides is 1. The van der Waals surface area contributed by atoms with Gasteiger partial charge in [-0.3, -0.25) is 4.79 Å². The van der Waals surface area contributed by atoms with E-state index in [0.717, 1.165) is 11.3 Å². The molecule has 2 aromatic rings. The second kappa shape index (κ2) is 7.22. The highest BCUT2D eigenvalue weighted by Crippen LogP contribution is 2.20. The van der Waals surface area contributed by atoms with Gasteiger partial charge in [-0.25, -0.2) is 4.39 Å². The second-order valence-corrected chi connectivity index (χ2v) is 5.85. The smallest absolute Gasteiger partial charge is 0.253 e. The quantitative estimate of drug-likeness (QED) is 0.852. The Kier molecular flexibility index (Phi) is 5.33. The first-order valence-corrected chi connectivity index (χ1v) is 7.85. The van der Waals surface area contributed by atoms with E-state index in [0.29, 0.717) is 18.7 Å². The molecule has 0 spiro atoms. The van der Waals surface area contributed by atoms with Crippen LogP contribution in [-0.2, 0) is 13.0 Å². The van der Waals surface area contributed by atoms with Gasteiger partial charge in [0, 0.05) is 16.3 Å². The van der Waals surface area contributed by atoms with Crippen molar-refractivity contribution in [2.24, 2.45) is 0 Å². The molecule has 0 atom stereocenters. The Balaban J connectivity index is 2.08. The van der Waals surface area contributed by atoms with Gasteiger partial charge in [0.1, 0.15) is 5.82 Å². The third-order valence-electron chi connectivity index (χ3n) is 3.10. The van der Waals surface area contributed by atoms with Crippen LogP contribution in [0.15, 0.2) is 30.3 Å². The van der Waals surface area contributed by atoms with E-state index in [4.69, 9.17) is 0 Å². The minimum Gasteiger partial charge on any atom is -0.382 e. The third kappa shape index (κ3) is 3.82. The van der Waals surface area contributed by atoms with Crippen LogP contribution in [0.4, 0.5) is 10.1 Å². The number of hydrogen-bond donors (Lipinski definition) is 2. The van der Waals surface area contributed by atoms with Crippen molar-refractivity contribution < 1.29 is 9.18 Å². The summed E-state index contributed by atoms with van der Waals surface area (Å²) < 4.78 is 13.8. The van der Waals surface area contributed by atoms with Crippen LogP contribution in [0, 0.1) is 5.82 Å². The van der Waals surface area contributed by atoms with Crippen LogP contribution >= 0.6 is 11.3 Å². The summed E-state index contributed by atoms with van der Waals surface area (Å²) in [6, 6.07) is 8.61. The Morgan fingerprint density at radius 3 is 2.62 bits per heavy atom. The highest BCUT2D eigenvalue weighted by Gasteiger charge is 2.14. The van der Waals surface area contributed by atoms with Crippen LogP contribution in [0.2, 0.25) is 0 Å². The van der Waals surface area contributed by atoms with Crippen LogP contribution in [0.1, 0.15) is 34.0 Å². The summed E-state index contributed by atoms with van der Waals surface area (Å²) in [6.07, 6.45) is 0.993. The van der Waals surface area contributed by atoms with E-state index in [2.05, 4.69) is 23.6 Å². The molecule has 0 fully saturated rings. The zero-order valence-corrected chi connectivity index (χ0v) is 13.0. The molecule has 5 heteroatoms. The largest absolute Gasteiger partial charge is 0.382 e. The molecule has 0 radical (unpaired) electrons. The number of halogens is 1. The fourth-order valence-corrected chi connectivity index (χ4v) is 2.94. The lowest BCUT2D eigenvalue weighted by atomic mass is 10.1. The molecule has 0 bridgehead atoms. The normalized spacial score (nSPS) is 10.4. The third-order valence-corrected chi connectivity index (χ3v) is 4.33. The number of para-hydroxylation sites is 1. The number of carbonyl (C=O) groups is 1. The lowest BCUT2D eigenvalue weighted by Gasteiger charge is -2.11. The maximum absolute atomic E-state index is 13.8. The highest BCUT2D eigenvalue weighted by molar-refractivity contribution is 7.11. The molecule has 0 unspecified atom stereocenters. The number of benzene rings is 1. The summed E-state index contributed by atoms with van der Waals surface area (Å²) in [6.45, 7) is 4.99. The molecule has 21 heavy (non-hydrogen) atoms. The second-order valence-electron chi connectivity index (χ2n) is 4.60. The maximum atomic E-state index is 13.8. The summed E-state index contributed by atoms with van der Waals surface area (Å²) in [7, 11) is 0. The maximum Gasteiger partial charge on any atom is 0.253 e.